The van der Waals surface area contributed by atoms with Gasteiger partial charge in [-0.05, 0) is 25.5 Å². The minimum atomic E-state index is 0.905. The summed E-state index contributed by atoms with van der Waals surface area (Å²) in [6.07, 6.45) is 5.23. The van der Waals surface area contributed by atoms with Crippen LogP contribution in [0.1, 0.15) is 16.8 Å². The fourth-order valence-corrected chi connectivity index (χ4v) is 1.50. The van der Waals surface area contributed by atoms with Crippen LogP contribution in [0.5, 0.6) is 0 Å². The van der Waals surface area contributed by atoms with Crippen molar-refractivity contribution in [1.82, 2.24) is 9.38 Å². The van der Waals surface area contributed by atoms with E-state index in [0.717, 1.165) is 22.5 Å². The van der Waals surface area contributed by atoms with E-state index in [2.05, 4.69) is 4.98 Å². The number of pyridine rings is 1. The van der Waals surface area contributed by atoms with E-state index >= 15 is 0 Å². The van der Waals surface area contributed by atoms with E-state index < -0.39 is 0 Å². The number of aromatic nitrogens is 2. The Morgan fingerprint density at radius 3 is 2.85 bits per heavy atom. The maximum absolute atomic E-state index is 7.16. The van der Waals surface area contributed by atoms with Crippen molar-refractivity contribution in [3.63, 3.8) is 0 Å². The van der Waals surface area contributed by atoms with Crippen LogP contribution in [0.15, 0.2) is 18.5 Å². The molecule has 0 aromatic carbocycles. The summed E-state index contributed by atoms with van der Waals surface area (Å²) in [7, 11) is 0. The lowest BCUT2D eigenvalue weighted by Crippen LogP contribution is -1.91. The Morgan fingerprint density at radius 1 is 1.38 bits per heavy atom. The standard InChI is InChI=1S/C10H11N3/c1-7-3-9(4-11)6-13-5-8(2)12-10(7)13/h3-6,11H,1-2H3. The molecule has 1 N–H and O–H groups in total. The number of aryl methyl sites for hydroxylation is 2. The summed E-state index contributed by atoms with van der Waals surface area (Å²) in [6.45, 7) is 3.98. The Morgan fingerprint density at radius 2 is 2.15 bits per heavy atom. The van der Waals surface area contributed by atoms with Gasteiger partial charge in [0.2, 0.25) is 0 Å². The summed E-state index contributed by atoms with van der Waals surface area (Å²) in [6, 6.07) is 1.97. The molecule has 2 aromatic rings. The first kappa shape index (κ1) is 7.98. The van der Waals surface area contributed by atoms with Gasteiger partial charge in [-0.3, -0.25) is 0 Å². The van der Waals surface area contributed by atoms with Crippen molar-refractivity contribution in [2.24, 2.45) is 0 Å². The Hall–Kier alpha value is -1.64. The van der Waals surface area contributed by atoms with E-state index in [1.165, 1.54) is 6.21 Å². The molecule has 0 radical (unpaired) electrons. The largest absolute Gasteiger partial charge is 0.308 e. The summed E-state index contributed by atoms with van der Waals surface area (Å²) < 4.78 is 1.96. The predicted octanol–water partition coefficient (Wildman–Crippen LogP) is 1.95. The lowest BCUT2D eigenvalue weighted by atomic mass is 10.2. The maximum Gasteiger partial charge on any atom is 0.139 e. The molecular formula is C10H11N3. The Balaban J connectivity index is 2.82. The molecule has 0 bridgehead atoms. The highest BCUT2D eigenvalue weighted by molar-refractivity contribution is 5.77. The molecule has 2 aromatic heterocycles. The van der Waals surface area contributed by atoms with Crippen molar-refractivity contribution < 1.29 is 0 Å². The highest BCUT2D eigenvalue weighted by atomic mass is 15.0. The van der Waals surface area contributed by atoms with Crippen LogP contribution in [0.25, 0.3) is 5.65 Å². The highest BCUT2D eigenvalue weighted by Crippen LogP contribution is 2.11. The molecule has 0 atom stereocenters. The third kappa shape index (κ3) is 1.22. The summed E-state index contributed by atoms with van der Waals surface area (Å²) in [5.41, 5.74) is 3.99. The van der Waals surface area contributed by atoms with Crippen molar-refractivity contribution in [3.05, 3.63) is 35.3 Å². The molecule has 0 fully saturated rings. The molecule has 0 unspecified atom stereocenters. The van der Waals surface area contributed by atoms with E-state index in [1.54, 1.807) is 0 Å². The molecule has 3 heteroatoms. The summed E-state index contributed by atoms with van der Waals surface area (Å²) in [5.74, 6) is 0. The molecule has 0 amide bonds. The Kier molecular flexibility index (Phi) is 1.65. The number of fused-ring (bicyclic) bond motifs is 1. The van der Waals surface area contributed by atoms with Crippen molar-refractivity contribution >= 4 is 11.9 Å². The van der Waals surface area contributed by atoms with Crippen LogP contribution in [-0.2, 0) is 0 Å². The van der Waals surface area contributed by atoms with Gasteiger partial charge in [-0.15, -0.1) is 0 Å². The van der Waals surface area contributed by atoms with E-state index in [1.807, 2.05) is 36.7 Å². The highest BCUT2D eigenvalue weighted by Gasteiger charge is 2.01. The fraction of sp³-hybridized carbons (Fsp3) is 0.200. The number of imidazole rings is 1. The Bertz CT molecular complexity index is 468. The molecule has 2 rings (SSSR count). The summed E-state index contributed by atoms with van der Waals surface area (Å²) >= 11 is 0. The van der Waals surface area contributed by atoms with Gasteiger partial charge in [-0.1, -0.05) is 0 Å². The monoisotopic (exact) mass is 173 g/mol. The van der Waals surface area contributed by atoms with Gasteiger partial charge in [0.25, 0.3) is 0 Å². The molecule has 66 valence electrons. The van der Waals surface area contributed by atoms with E-state index in [-0.39, 0.29) is 0 Å². The molecule has 0 aliphatic carbocycles. The normalized spacial score (nSPS) is 10.6. The van der Waals surface area contributed by atoms with Gasteiger partial charge >= 0.3 is 0 Å². The quantitative estimate of drug-likeness (QED) is 0.658. The zero-order valence-corrected chi connectivity index (χ0v) is 7.70. The van der Waals surface area contributed by atoms with Crippen molar-refractivity contribution in [2.45, 2.75) is 13.8 Å². The van der Waals surface area contributed by atoms with Gasteiger partial charge in [-0.2, -0.15) is 0 Å². The van der Waals surface area contributed by atoms with Gasteiger partial charge in [0, 0.05) is 24.2 Å². The Labute approximate surface area is 76.5 Å². The van der Waals surface area contributed by atoms with Crippen LogP contribution in [0.4, 0.5) is 0 Å². The topological polar surface area (TPSA) is 41.2 Å². The number of hydrogen-bond acceptors (Lipinski definition) is 2. The fourth-order valence-electron chi connectivity index (χ4n) is 1.50. The third-order valence-corrected chi connectivity index (χ3v) is 2.04. The van der Waals surface area contributed by atoms with Gasteiger partial charge in [-0.25, -0.2) is 4.98 Å². The predicted molar refractivity (Wildman–Crippen MR) is 52.6 cm³/mol. The van der Waals surface area contributed by atoms with E-state index in [0.29, 0.717) is 0 Å². The zero-order chi connectivity index (χ0) is 9.42. The second-order valence-electron chi connectivity index (χ2n) is 3.21. The molecule has 0 saturated heterocycles. The van der Waals surface area contributed by atoms with Crippen LogP contribution >= 0.6 is 0 Å². The number of nitrogens with zero attached hydrogens (tertiary/aromatic N) is 2. The van der Waals surface area contributed by atoms with Gasteiger partial charge < -0.3 is 9.81 Å². The lowest BCUT2D eigenvalue weighted by Gasteiger charge is -1.99. The summed E-state index contributed by atoms with van der Waals surface area (Å²) in [4.78, 5) is 4.38. The first-order valence-electron chi connectivity index (χ1n) is 4.17. The SMILES string of the molecule is Cc1cn2cc(C=N)cc(C)c2n1. The number of nitrogens with one attached hydrogen (secondary N) is 1. The van der Waals surface area contributed by atoms with Crippen LogP contribution in [0, 0.1) is 19.3 Å². The molecule has 0 spiro atoms. The van der Waals surface area contributed by atoms with E-state index in [9.17, 15) is 0 Å². The van der Waals surface area contributed by atoms with Crippen LogP contribution in [-0.4, -0.2) is 15.6 Å². The minimum Gasteiger partial charge on any atom is -0.308 e. The molecule has 3 nitrogen and oxygen atoms in total. The average molecular weight is 173 g/mol. The zero-order valence-electron chi connectivity index (χ0n) is 7.70. The summed E-state index contributed by atoms with van der Waals surface area (Å²) in [5, 5.41) is 7.16. The first-order valence-corrected chi connectivity index (χ1v) is 4.17. The maximum atomic E-state index is 7.16. The molecule has 0 aliphatic heterocycles. The van der Waals surface area contributed by atoms with Crippen LogP contribution in [0.3, 0.4) is 0 Å². The first-order chi connectivity index (χ1) is 6.20. The van der Waals surface area contributed by atoms with Gasteiger partial charge in [0.1, 0.15) is 5.65 Å². The van der Waals surface area contributed by atoms with Gasteiger partial charge in [0.05, 0.1) is 5.69 Å². The minimum absolute atomic E-state index is 0.905. The van der Waals surface area contributed by atoms with Crippen molar-refractivity contribution in [1.29, 1.82) is 5.41 Å². The van der Waals surface area contributed by atoms with Crippen LogP contribution in [0.2, 0.25) is 0 Å². The smallest absolute Gasteiger partial charge is 0.139 e. The molecule has 2 heterocycles. The van der Waals surface area contributed by atoms with Crippen LogP contribution < -0.4 is 0 Å². The second-order valence-corrected chi connectivity index (χ2v) is 3.21. The molecule has 13 heavy (non-hydrogen) atoms. The molecule has 0 aliphatic rings. The number of rotatable bonds is 1. The molecular weight excluding hydrogens is 162 g/mol. The number of hydrogen-bond donors (Lipinski definition) is 1. The molecule has 0 saturated carbocycles. The van der Waals surface area contributed by atoms with Crippen molar-refractivity contribution in [2.75, 3.05) is 0 Å². The third-order valence-electron chi connectivity index (χ3n) is 2.04. The lowest BCUT2D eigenvalue weighted by molar-refractivity contribution is 1.16. The van der Waals surface area contributed by atoms with Crippen molar-refractivity contribution in [3.8, 4) is 0 Å². The van der Waals surface area contributed by atoms with Gasteiger partial charge in [0.15, 0.2) is 0 Å². The average Bonchev–Trinajstić information content (AvgIpc) is 2.46. The van der Waals surface area contributed by atoms with E-state index in [4.69, 9.17) is 5.41 Å². The second kappa shape index (κ2) is 2.69.